The van der Waals surface area contributed by atoms with Crippen LogP contribution in [-0.2, 0) is 6.54 Å². The van der Waals surface area contributed by atoms with Crippen LogP contribution in [0.25, 0.3) is 0 Å². The summed E-state index contributed by atoms with van der Waals surface area (Å²) in [6.45, 7) is 6.14. The van der Waals surface area contributed by atoms with Gasteiger partial charge in [0.25, 0.3) is 5.56 Å². The SMILES string of the molecule is CC(C)[C@H](C)n1nccc1NC(=O)NCc1c[nH]c(=O)[nH]c1=O. The molecule has 0 saturated carbocycles. The van der Waals surface area contributed by atoms with Crippen molar-refractivity contribution in [2.45, 2.75) is 33.4 Å². The number of rotatable bonds is 5. The van der Waals surface area contributed by atoms with Crippen molar-refractivity contribution in [1.82, 2.24) is 25.1 Å². The van der Waals surface area contributed by atoms with Crippen molar-refractivity contribution >= 4 is 11.8 Å². The van der Waals surface area contributed by atoms with Crippen LogP contribution in [-0.4, -0.2) is 25.8 Å². The van der Waals surface area contributed by atoms with Crippen molar-refractivity contribution in [2.24, 2.45) is 5.92 Å². The molecule has 0 aliphatic carbocycles. The molecule has 2 aromatic heterocycles. The number of nitrogens with zero attached hydrogens (tertiary/aromatic N) is 2. The molecule has 23 heavy (non-hydrogen) atoms. The van der Waals surface area contributed by atoms with Crippen molar-refractivity contribution in [1.29, 1.82) is 0 Å². The molecule has 0 aliphatic rings. The van der Waals surface area contributed by atoms with Crippen molar-refractivity contribution in [3.8, 4) is 0 Å². The Hall–Kier alpha value is -2.84. The highest BCUT2D eigenvalue weighted by Crippen LogP contribution is 2.20. The Kier molecular flexibility index (Phi) is 4.99. The van der Waals surface area contributed by atoms with E-state index >= 15 is 0 Å². The summed E-state index contributed by atoms with van der Waals surface area (Å²) in [5, 5.41) is 9.47. The second-order valence-corrected chi connectivity index (χ2v) is 5.55. The van der Waals surface area contributed by atoms with Crippen LogP contribution in [0.5, 0.6) is 0 Å². The predicted molar refractivity (Wildman–Crippen MR) is 85.3 cm³/mol. The standard InChI is InChI=1S/C14H20N6O3/c1-8(2)9(3)20-11(4-5-17-20)18-13(22)15-6-10-7-16-14(23)19-12(10)21/h4-5,7-9H,6H2,1-3H3,(H2,15,18,22)(H2,16,19,21,23)/t9-/m0/s1. The van der Waals surface area contributed by atoms with Gasteiger partial charge in [-0.05, 0) is 12.8 Å². The van der Waals surface area contributed by atoms with E-state index in [1.807, 2.05) is 6.92 Å². The van der Waals surface area contributed by atoms with Crippen LogP contribution < -0.4 is 21.9 Å². The van der Waals surface area contributed by atoms with Crippen LogP contribution in [0.15, 0.2) is 28.0 Å². The minimum atomic E-state index is -0.588. The summed E-state index contributed by atoms with van der Waals surface area (Å²) < 4.78 is 1.73. The number of aromatic amines is 2. The Balaban J connectivity index is 1.99. The zero-order valence-electron chi connectivity index (χ0n) is 13.2. The third kappa shape index (κ3) is 4.09. The van der Waals surface area contributed by atoms with Gasteiger partial charge in [-0.1, -0.05) is 13.8 Å². The molecule has 9 heteroatoms. The minimum absolute atomic E-state index is 0.00812. The monoisotopic (exact) mass is 320 g/mol. The lowest BCUT2D eigenvalue weighted by Gasteiger charge is -2.19. The highest BCUT2D eigenvalue weighted by atomic mass is 16.2. The average molecular weight is 320 g/mol. The van der Waals surface area contributed by atoms with Crippen LogP contribution in [0.1, 0.15) is 32.4 Å². The molecular weight excluding hydrogens is 300 g/mol. The van der Waals surface area contributed by atoms with Crippen LogP contribution in [0.2, 0.25) is 0 Å². The number of urea groups is 1. The van der Waals surface area contributed by atoms with Crippen LogP contribution >= 0.6 is 0 Å². The summed E-state index contributed by atoms with van der Waals surface area (Å²) in [6.07, 6.45) is 2.88. The van der Waals surface area contributed by atoms with E-state index in [2.05, 4.69) is 39.5 Å². The topological polar surface area (TPSA) is 125 Å². The van der Waals surface area contributed by atoms with Gasteiger partial charge in [-0.3, -0.25) is 15.1 Å². The molecule has 0 spiro atoms. The fraction of sp³-hybridized carbons (Fsp3) is 0.429. The molecule has 2 heterocycles. The Morgan fingerprint density at radius 2 is 2.09 bits per heavy atom. The second-order valence-electron chi connectivity index (χ2n) is 5.55. The first-order chi connectivity index (χ1) is 10.9. The van der Waals surface area contributed by atoms with E-state index in [4.69, 9.17) is 0 Å². The van der Waals surface area contributed by atoms with Gasteiger partial charge in [0.2, 0.25) is 0 Å². The summed E-state index contributed by atoms with van der Waals surface area (Å²) in [7, 11) is 0. The third-order valence-electron chi connectivity index (χ3n) is 3.60. The molecule has 2 rings (SSSR count). The van der Waals surface area contributed by atoms with Crippen LogP contribution in [0.3, 0.4) is 0 Å². The molecule has 124 valence electrons. The van der Waals surface area contributed by atoms with E-state index in [-0.39, 0.29) is 18.2 Å². The second kappa shape index (κ2) is 6.95. The fourth-order valence-corrected chi connectivity index (χ4v) is 1.93. The number of hydrogen-bond acceptors (Lipinski definition) is 4. The smallest absolute Gasteiger partial charge is 0.325 e. The van der Waals surface area contributed by atoms with Gasteiger partial charge >= 0.3 is 11.7 Å². The Labute approximate surface area is 132 Å². The molecule has 4 N–H and O–H groups in total. The molecule has 9 nitrogen and oxygen atoms in total. The molecule has 0 aliphatic heterocycles. The molecule has 0 unspecified atom stereocenters. The van der Waals surface area contributed by atoms with Crippen molar-refractivity contribution in [3.05, 3.63) is 44.9 Å². The molecule has 0 aromatic carbocycles. The van der Waals surface area contributed by atoms with Crippen molar-refractivity contribution in [3.63, 3.8) is 0 Å². The van der Waals surface area contributed by atoms with Crippen molar-refractivity contribution < 1.29 is 4.79 Å². The number of aromatic nitrogens is 4. The zero-order chi connectivity index (χ0) is 17.0. The number of nitrogens with one attached hydrogen (secondary N) is 4. The van der Waals surface area contributed by atoms with Crippen molar-refractivity contribution in [2.75, 3.05) is 5.32 Å². The quantitative estimate of drug-likeness (QED) is 0.650. The molecule has 0 radical (unpaired) electrons. The molecule has 1 atom stereocenters. The van der Waals surface area contributed by atoms with Crippen LogP contribution in [0, 0.1) is 5.92 Å². The number of hydrogen-bond donors (Lipinski definition) is 4. The average Bonchev–Trinajstić information content (AvgIpc) is 2.93. The normalized spacial score (nSPS) is 12.2. The maximum Gasteiger partial charge on any atom is 0.325 e. The van der Waals surface area contributed by atoms with E-state index in [1.165, 1.54) is 6.20 Å². The lowest BCUT2D eigenvalue weighted by Crippen LogP contribution is -2.33. The summed E-state index contributed by atoms with van der Waals surface area (Å²) in [5.74, 6) is 0.928. The summed E-state index contributed by atoms with van der Waals surface area (Å²) in [4.78, 5) is 38.9. The largest absolute Gasteiger partial charge is 0.333 e. The molecule has 2 aromatic rings. The molecule has 0 bridgehead atoms. The first kappa shape index (κ1) is 16.5. The number of H-pyrrole nitrogens is 2. The molecular formula is C14H20N6O3. The van der Waals surface area contributed by atoms with E-state index < -0.39 is 17.3 Å². The van der Waals surface area contributed by atoms with E-state index in [9.17, 15) is 14.4 Å². The zero-order valence-corrected chi connectivity index (χ0v) is 13.2. The first-order valence-corrected chi connectivity index (χ1v) is 7.27. The lowest BCUT2D eigenvalue weighted by molar-refractivity contribution is 0.251. The highest BCUT2D eigenvalue weighted by Gasteiger charge is 2.15. The lowest BCUT2D eigenvalue weighted by atomic mass is 10.1. The predicted octanol–water partition coefficient (Wildman–Crippen LogP) is 0.798. The van der Waals surface area contributed by atoms with E-state index in [0.717, 1.165) is 0 Å². The third-order valence-corrected chi connectivity index (χ3v) is 3.60. The maximum atomic E-state index is 12.0. The van der Waals surface area contributed by atoms with Gasteiger partial charge in [0, 0.05) is 12.3 Å². The molecule has 0 saturated heterocycles. The number of anilines is 1. The van der Waals surface area contributed by atoms with Gasteiger partial charge in [0.05, 0.1) is 24.3 Å². The number of carbonyl (C=O) groups is 1. The summed E-state index contributed by atoms with van der Waals surface area (Å²) in [5.41, 5.74) is -0.869. The molecule has 0 fully saturated rings. The Morgan fingerprint density at radius 3 is 2.74 bits per heavy atom. The fourth-order valence-electron chi connectivity index (χ4n) is 1.93. The Bertz CT molecular complexity index is 788. The van der Waals surface area contributed by atoms with Crippen LogP contribution in [0.4, 0.5) is 10.6 Å². The number of carbonyl (C=O) groups excluding carboxylic acids is 1. The molecule has 2 amide bonds. The highest BCUT2D eigenvalue weighted by molar-refractivity contribution is 5.88. The van der Waals surface area contributed by atoms with Gasteiger partial charge in [-0.25, -0.2) is 14.3 Å². The van der Waals surface area contributed by atoms with Gasteiger partial charge in [0.15, 0.2) is 0 Å². The minimum Gasteiger partial charge on any atom is -0.333 e. The van der Waals surface area contributed by atoms with Gasteiger partial charge < -0.3 is 10.3 Å². The van der Waals surface area contributed by atoms with Gasteiger partial charge in [0.1, 0.15) is 5.82 Å². The summed E-state index contributed by atoms with van der Waals surface area (Å²) in [6, 6.07) is 1.36. The first-order valence-electron chi connectivity index (χ1n) is 7.27. The maximum absolute atomic E-state index is 12.0. The van der Waals surface area contributed by atoms with Gasteiger partial charge in [-0.15, -0.1) is 0 Å². The summed E-state index contributed by atoms with van der Waals surface area (Å²) >= 11 is 0. The van der Waals surface area contributed by atoms with E-state index in [1.54, 1.807) is 16.9 Å². The van der Waals surface area contributed by atoms with E-state index in [0.29, 0.717) is 11.7 Å². The van der Waals surface area contributed by atoms with Gasteiger partial charge in [-0.2, -0.15) is 5.10 Å². The Morgan fingerprint density at radius 1 is 1.35 bits per heavy atom. The number of amides is 2.